The minimum Gasteiger partial charge on any atom is -0.344 e. The lowest BCUT2D eigenvalue weighted by Crippen LogP contribution is -2.31. The van der Waals surface area contributed by atoms with Gasteiger partial charge in [-0.05, 0) is 18.2 Å². The van der Waals surface area contributed by atoms with Gasteiger partial charge in [-0.25, -0.2) is 4.98 Å². The largest absolute Gasteiger partial charge is 0.417 e. The van der Waals surface area contributed by atoms with Crippen molar-refractivity contribution in [1.82, 2.24) is 10.3 Å². The van der Waals surface area contributed by atoms with Gasteiger partial charge >= 0.3 is 6.18 Å². The predicted octanol–water partition coefficient (Wildman–Crippen LogP) is 4.02. The van der Waals surface area contributed by atoms with Crippen molar-refractivity contribution in [3.8, 4) is 0 Å². The van der Waals surface area contributed by atoms with E-state index >= 15 is 0 Å². The van der Waals surface area contributed by atoms with E-state index in [2.05, 4.69) is 10.3 Å². The number of hydrogen-bond acceptors (Lipinski definition) is 3. The predicted molar refractivity (Wildman–Crippen MR) is 82.4 cm³/mol. The number of alkyl halides is 3. The van der Waals surface area contributed by atoms with Gasteiger partial charge in [-0.3, -0.25) is 9.59 Å². The maximum absolute atomic E-state index is 12.9. The highest BCUT2D eigenvalue weighted by atomic mass is 35.5. The minimum absolute atomic E-state index is 0.0163. The van der Waals surface area contributed by atoms with Gasteiger partial charge in [0.25, 0.3) is 5.91 Å². The number of amides is 1. The Hall–Kier alpha value is -2.12. The first kappa shape index (κ1) is 18.2. The van der Waals surface area contributed by atoms with Gasteiger partial charge in [-0.15, -0.1) is 0 Å². The van der Waals surface area contributed by atoms with Crippen molar-refractivity contribution in [3.63, 3.8) is 0 Å². The number of carbonyl (C=O) groups is 2. The van der Waals surface area contributed by atoms with Gasteiger partial charge in [0.1, 0.15) is 5.69 Å². The van der Waals surface area contributed by atoms with Crippen molar-refractivity contribution in [2.24, 2.45) is 0 Å². The molecule has 0 radical (unpaired) electrons. The van der Waals surface area contributed by atoms with E-state index in [0.29, 0.717) is 0 Å². The fourth-order valence-electron chi connectivity index (χ4n) is 1.89. The van der Waals surface area contributed by atoms with Gasteiger partial charge < -0.3 is 5.32 Å². The summed E-state index contributed by atoms with van der Waals surface area (Å²) in [5.74, 6) is -1.68. The van der Waals surface area contributed by atoms with Crippen molar-refractivity contribution in [2.45, 2.75) is 6.18 Å². The Balaban J connectivity index is 2.13. The van der Waals surface area contributed by atoms with E-state index in [1.165, 1.54) is 24.4 Å². The van der Waals surface area contributed by atoms with Crippen LogP contribution in [0.1, 0.15) is 26.4 Å². The molecule has 0 aliphatic carbocycles. The number of aromatic nitrogens is 1. The van der Waals surface area contributed by atoms with Gasteiger partial charge in [-0.1, -0.05) is 35.3 Å². The highest BCUT2D eigenvalue weighted by Gasteiger charge is 2.34. The van der Waals surface area contributed by atoms with Crippen LogP contribution in [0, 0.1) is 0 Å². The molecule has 1 aromatic heterocycles. The summed E-state index contributed by atoms with van der Waals surface area (Å²) in [6.45, 7) is -0.556. The Labute approximate surface area is 144 Å². The highest BCUT2D eigenvalue weighted by Crippen LogP contribution is 2.31. The third-order valence-corrected chi connectivity index (χ3v) is 3.45. The lowest BCUT2D eigenvalue weighted by Gasteiger charge is -2.12. The molecule has 1 amide bonds. The molecule has 126 valence electrons. The summed E-state index contributed by atoms with van der Waals surface area (Å²) in [5, 5.41) is 2.34. The number of halogens is 5. The molecule has 0 fully saturated rings. The Morgan fingerprint density at radius 1 is 1.17 bits per heavy atom. The molecular formula is C15H9Cl2F3N2O2. The molecule has 0 spiro atoms. The van der Waals surface area contributed by atoms with E-state index in [1.54, 1.807) is 0 Å². The Bertz CT molecular complexity index is 795. The normalized spacial score (nSPS) is 11.2. The fourth-order valence-corrected chi connectivity index (χ4v) is 2.37. The van der Waals surface area contributed by atoms with Crippen LogP contribution < -0.4 is 5.32 Å². The van der Waals surface area contributed by atoms with Crippen molar-refractivity contribution in [3.05, 3.63) is 63.4 Å². The molecule has 0 bridgehead atoms. The molecule has 0 atom stereocenters. The number of hydrogen-bond donors (Lipinski definition) is 1. The van der Waals surface area contributed by atoms with E-state index in [4.69, 9.17) is 23.2 Å². The molecule has 0 saturated heterocycles. The van der Waals surface area contributed by atoms with Gasteiger partial charge in [0, 0.05) is 6.20 Å². The fraction of sp³-hybridized carbons (Fsp3) is 0.133. The van der Waals surface area contributed by atoms with Gasteiger partial charge in [-0.2, -0.15) is 13.2 Å². The SMILES string of the molecule is O=C(NCC(=O)c1ncc(Cl)cc1Cl)c1ccccc1C(F)(F)F. The number of pyridine rings is 1. The number of nitrogens with zero attached hydrogens (tertiary/aromatic N) is 1. The first-order chi connectivity index (χ1) is 11.2. The first-order valence-electron chi connectivity index (χ1n) is 6.49. The first-order valence-corrected chi connectivity index (χ1v) is 7.24. The smallest absolute Gasteiger partial charge is 0.344 e. The number of ketones is 1. The average molecular weight is 377 g/mol. The summed E-state index contributed by atoms with van der Waals surface area (Å²) >= 11 is 11.5. The lowest BCUT2D eigenvalue weighted by atomic mass is 10.1. The van der Waals surface area contributed by atoms with Crippen LogP contribution in [0.5, 0.6) is 0 Å². The lowest BCUT2D eigenvalue weighted by molar-refractivity contribution is -0.137. The summed E-state index contributed by atoms with van der Waals surface area (Å²) in [7, 11) is 0. The molecule has 1 N–H and O–H groups in total. The second-order valence-corrected chi connectivity index (χ2v) is 5.48. The molecule has 2 rings (SSSR count). The Morgan fingerprint density at radius 2 is 1.83 bits per heavy atom. The van der Waals surface area contributed by atoms with Gasteiger partial charge in [0.15, 0.2) is 0 Å². The number of benzene rings is 1. The van der Waals surface area contributed by atoms with E-state index in [9.17, 15) is 22.8 Å². The van der Waals surface area contributed by atoms with Crippen LogP contribution in [0.3, 0.4) is 0 Å². The topological polar surface area (TPSA) is 59.1 Å². The molecule has 9 heteroatoms. The van der Waals surface area contributed by atoms with Crippen molar-refractivity contribution in [2.75, 3.05) is 6.54 Å². The molecule has 0 unspecified atom stereocenters. The zero-order valence-corrected chi connectivity index (χ0v) is 13.3. The van der Waals surface area contributed by atoms with Crippen LogP contribution in [0.4, 0.5) is 13.2 Å². The summed E-state index contributed by atoms with van der Waals surface area (Å²) in [6, 6.07) is 5.57. The van der Waals surface area contributed by atoms with Gasteiger partial charge in [0.05, 0.1) is 27.7 Å². The number of Topliss-reactive ketones (excluding diaryl/α,β-unsaturated/α-hetero) is 1. The number of nitrogens with one attached hydrogen (secondary N) is 1. The van der Waals surface area contributed by atoms with Crippen LogP contribution in [0.2, 0.25) is 10.0 Å². The molecule has 0 saturated carbocycles. The zero-order chi connectivity index (χ0) is 17.9. The molecule has 0 aliphatic rings. The van der Waals surface area contributed by atoms with E-state index < -0.39 is 35.5 Å². The monoisotopic (exact) mass is 376 g/mol. The van der Waals surface area contributed by atoms with Crippen LogP contribution in [0.25, 0.3) is 0 Å². The van der Waals surface area contributed by atoms with Crippen LogP contribution >= 0.6 is 23.2 Å². The second-order valence-electron chi connectivity index (χ2n) is 4.63. The molecule has 24 heavy (non-hydrogen) atoms. The number of carbonyl (C=O) groups excluding carboxylic acids is 2. The number of rotatable bonds is 4. The van der Waals surface area contributed by atoms with Crippen molar-refractivity contribution < 1.29 is 22.8 Å². The summed E-state index contributed by atoms with van der Waals surface area (Å²) in [4.78, 5) is 27.7. The highest BCUT2D eigenvalue weighted by molar-refractivity contribution is 6.36. The van der Waals surface area contributed by atoms with Gasteiger partial charge in [0.2, 0.25) is 5.78 Å². The standard InChI is InChI=1S/C15H9Cl2F3N2O2/c16-8-5-11(17)13(21-6-8)12(23)7-22-14(24)9-3-1-2-4-10(9)15(18,19)20/h1-6H,7H2,(H,22,24). The quantitative estimate of drug-likeness (QED) is 0.819. The zero-order valence-electron chi connectivity index (χ0n) is 11.8. The molecule has 1 heterocycles. The molecule has 1 aromatic carbocycles. The average Bonchev–Trinajstić information content (AvgIpc) is 2.51. The van der Waals surface area contributed by atoms with Crippen LogP contribution in [-0.4, -0.2) is 23.2 Å². The van der Waals surface area contributed by atoms with E-state index in [-0.39, 0.29) is 15.7 Å². The van der Waals surface area contributed by atoms with Crippen LogP contribution in [-0.2, 0) is 6.18 Å². The Kier molecular flexibility index (Phi) is 5.46. The maximum Gasteiger partial charge on any atom is 0.417 e. The molecular weight excluding hydrogens is 368 g/mol. The summed E-state index contributed by atoms with van der Waals surface area (Å²) < 4.78 is 38.6. The third-order valence-electron chi connectivity index (χ3n) is 2.96. The van der Waals surface area contributed by atoms with E-state index in [0.717, 1.165) is 12.1 Å². The minimum atomic E-state index is -4.68. The van der Waals surface area contributed by atoms with Crippen molar-refractivity contribution >= 4 is 34.9 Å². The Morgan fingerprint density at radius 3 is 2.46 bits per heavy atom. The maximum atomic E-state index is 12.9. The molecule has 0 aliphatic heterocycles. The second kappa shape index (κ2) is 7.19. The summed E-state index contributed by atoms with van der Waals surface area (Å²) in [6.07, 6.45) is -3.49. The molecule has 4 nitrogen and oxygen atoms in total. The third kappa shape index (κ3) is 4.24. The summed E-state index contributed by atoms with van der Waals surface area (Å²) in [5.41, 5.74) is -1.80. The van der Waals surface area contributed by atoms with E-state index in [1.807, 2.05) is 0 Å². The van der Waals surface area contributed by atoms with Crippen LogP contribution in [0.15, 0.2) is 36.5 Å². The van der Waals surface area contributed by atoms with Crippen molar-refractivity contribution in [1.29, 1.82) is 0 Å². The molecule has 2 aromatic rings.